The van der Waals surface area contributed by atoms with E-state index < -0.39 is 0 Å². The average molecular weight is 247 g/mol. The van der Waals surface area contributed by atoms with Gasteiger partial charge in [0.1, 0.15) is 5.82 Å². The van der Waals surface area contributed by atoms with E-state index in [1.807, 2.05) is 6.20 Å². The molecule has 2 aromatic rings. The first-order valence-electron chi connectivity index (χ1n) is 6.19. The van der Waals surface area contributed by atoms with Crippen LogP contribution in [0.2, 0.25) is 0 Å². The zero-order valence-electron chi connectivity index (χ0n) is 9.73. The van der Waals surface area contributed by atoms with Crippen molar-refractivity contribution in [1.29, 1.82) is 0 Å². The highest BCUT2D eigenvalue weighted by atomic mass is 32.1. The highest BCUT2D eigenvalue weighted by Crippen LogP contribution is 2.28. The maximum atomic E-state index is 6.16. The Bertz CT molecular complexity index is 508. The second-order valence-electron chi connectivity index (χ2n) is 4.69. The number of anilines is 1. The maximum Gasteiger partial charge on any atom is 0.134 e. The second kappa shape index (κ2) is 4.63. The van der Waals surface area contributed by atoms with E-state index in [2.05, 4.69) is 27.8 Å². The highest BCUT2D eigenvalue weighted by Gasteiger charge is 2.22. The summed E-state index contributed by atoms with van der Waals surface area (Å²) < 4.78 is 1.28. The zero-order valence-corrected chi connectivity index (χ0v) is 10.5. The Morgan fingerprint density at radius 1 is 1.29 bits per heavy atom. The van der Waals surface area contributed by atoms with Gasteiger partial charge in [-0.25, -0.2) is 4.98 Å². The number of hydrogen-bond donors (Lipinski definition) is 2. The van der Waals surface area contributed by atoms with E-state index >= 15 is 0 Å². The SMILES string of the molecule is N[C@@H]1CCCC[C@H]1Nc1nccc2sccc12. The monoisotopic (exact) mass is 247 g/mol. The molecule has 2 heterocycles. The molecule has 3 N–H and O–H groups in total. The molecule has 2 aromatic heterocycles. The number of thiophene rings is 1. The Kier molecular flexibility index (Phi) is 2.99. The average Bonchev–Trinajstić information content (AvgIpc) is 2.81. The number of fused-ring (bicyclic) bond motifs is 1. The van der Waals surface area contributed by atoms with Crippen LogP contribution in [0.15, 0.2) is 23.7 Å². The van der Waals surface area contributed by atoms with E-state index in [1.165, 1.54) is 22.9 Å². The normalized spacial score (nSPS) is 25.0. The molecule has 0 aromatic carbocycles. The van der Waals surface area contributed by atoms with Crippen molar-refractivity contribution in [3.63, 3.8) is 0 Å². The standard InChI is InChI=1S/C13H17N3S/c14-10-3-1-2-4-11(10)16-13-9-6-8-17-12(9)5-7-15-13/h5-8,10-11H,1-4,14H2,(H,15,16)/t10-,11-/m1/s1. The summed E-state index contributed by atoms with van der Waals surface area (Å²) in [5, 5.41) is 6.86. The van der Waals surface area contributed by atoms with Crippen LogP contribution in [0, 0.1) is 0 Å². The zero-order chi connectivity index (χ0) is 11.7. The first kappa shape index (κ1) is 11.0. The Labute approximate surface area is 105 Å². The summed E-state index contributed by atoms with van der Waals surface area (Å²) in [6.45, 7) is 0. The fraction of sp³-hybridized carbons (Fsp3) is 0.462. The summed E-state index contributed by atoms with van der Waals surface area (Å²) in [7, 11) is 0. The molecule has 0 aliphatic heterocycles. The summed E-state index contributed by atoms with van der Waals surface area (Å²) in [4.78, 5) is 4.45. The minimum absolute atomic E-state index is 0.263. The molecule has 1 aliphatic carbocycles. The Morgan fingerprint density at radius 3 is 3.06 bits per heavy atom. The van der Waals surface area contributed by atoms with Crippen molar-refractivity contribution in [2.75, 3.05) is 5.32 Å². The molecule has 1 saturated carbocycles. The number of nitrogens with two attached hydrogens (primary N) is 1. The minimum atomic E-state index is 0.263. The van der Waals surface area contributed by atoms with Crippen LogP contribution in [0.1, 0.15) is 25.7 Å². The van der Waals surface area contributed by atoms with Crippen LogP contribution in [0.4, 0.5) is 5.82 Å². The van der Waals surface area contributed by atoms with Crippen LogP contribution in [-0.4, -0.2) is 17.1 Å². The van der Waals surface area contributed by atoms with Gasteiger partial charge in [0.2, 0.25) is 0 Å². The summed E-state index contributed by atoms with van der Waals surface area (Å²) >= 11 is 1.75. The molecule has 3 nitrogen and oxygen atoms in total. The van der Waals surface area contributed by atoms with E-state index in [9.17, 15) is 0 Å². The lowest BCUT2D eigenvalue weighted by Gasteiger charge is -2.29. The Morgan fingerprint density at radius 2 is 2.18 bits per heavy atom. The van der Waals surface area contributed by atoms with Crippen molar-refractivity contribution in [2.24, 2.45) is 5.73 Å². The lowest BCUT2D eigenvalue weighted by molar-refractivity contribution is 0.403. The van der Waals surface area contributed by atoms with Crippen LogP contribution >= 0.6 is 11.3 Å². The smallest absolute Gasteiger partial charge is 0.134 e. The highest BCUT2D eigenvalue weighted by molar-refractivity contribution is 7.17. The van der Waals surface area contributed by atoms with Crippen molar-refractivity contribution >= 4 is 27.2 Å². The number of aromatic nitrogens is 1. The van der Waals surface area contributed by atoms with Gasteiger partial charge in [0.15, 0.2) is 0 Å². The van der Waals surface area contributed by atoms with Crippen LogP contribution in [0.3, 0.4) is 0 Å². The fourth-order valence-electron chi connectivity index (χ4n) is 2.52. The molecule has 0 saturated heterocycles. The number of pyridine rings is 1. The topological polar surface area (TPSA) is 50.9 Å². The molecule has 1 aliphatic rings. The van der Waals surface area contributed by atoms with E-state index in [0.29, 0.717) is 6.04 Å². The summed E-state index contributed by atoms with van der Waals surface area (Å²) in [5.41, 5.74) is 6.16. The molecule has 90 valence electrons. The van der Waals surface area contributed by atoms with Gasteiger partial charge in [0, 0.05) is 28.4 Å². The van der Waals surface area contributed by atoms with Crippen molar-refractivity contribution in [2.45, 2.75) is 37.8 Å². The second-order valence-corrected chi connectivity index (χ2v) is 5.64. The summed E-state index contributed by atoms with van der Waals surface area (Å²) in [6, 6.07) is 4.83. The molecule has 17 heavy (non-hydrogen) atoms. The van der Waals surface area contributed by atoms with Gasteiger partial charge in [-0.15, -0.1) is 11.3 Å². The van der Waals surface area contributed by atoms with Gasteiger partial charge >= 0.3 is 0 Å². The van der Waals surface area contributed by atoms with Crippen molar-refractivity contribution in [3.8, 4) is 0 Å². The van der Waals surface area contributed by atoms with Gasteiger partial charge in [0.05, 0.1) is 0 Å². The maximum absolute atomic E-state index is 6.16. The van der Waals surface area contributed by atoms with Gasteiger partial charge in [-0.05, 0) is 30.4 Å². The van der Waals surface area contributed by atoms with Gasteiger partial charge < -0.3 is 11.1 Å². The molecule has 3 rings (SSSR count). The quantitative estimate of drug-likeness (QED) is 0.857. The first-order valence-corrected chi connectivity index (χ1v) is 7.07. The van der Waals surface area contributed by atoms with Gasteiger partial charge in [-0.2, -0.15) is 0 Å². The number of rotatable bonds is 2. The van der Waals surface area contributed by atoms with Crippen molar-refractivity contribution in [3.05, 3.63) is 23.7 Å². The number of hydrogen-bond acceptors (Lipinski definition) is 4. The lowest BCUT2D eigenvalue weighted by atomic mass is 9.91. The van der Waals surface area contributed by atoms with Crippen LogP contribution in [-0.2, 0) is 0 Å². The number of nitrogens with zero attached hydrogens (tertiary/aromatic N) is 1. The van der Waals surface area contributed by atoms with Crippen molar-refractivity contribution < 1.29 is 0 Å². The molecule has 0 radical (unpaired) electrons. The third-order valence-electron chi connectivity index (χ3n) is 3.52. The Balaban J connectivity index is 1.86. The molecule has 0 unspecified atom stereocenters. The summed E-state index contributed by atoms with van der Waals surface area (Å²) in [5.74, 6) is 0.992. The fourth-order valence-corrected chi connectivity index (χ4v) is 3.31. The molecule has 0 spiro atoms. The Hall–Kier alpha value is -1.13. The van der Waals surface area contributed by atoms with E-state index in [4.69, 9.17) is 5.73 Å². The molecule has 4 heteroatoms. The predicted octanol–water partition coefficient (Wildman–Crippen LogP) is 2.98. The molecule has 2 atom stereocenters. The predicted molar refractivity (Wildman–Crippen MR) is 73.5 cm³/mol. The molecular formula is C13H17N3S. The van der Waals surface area contributed by atoms with E-state index in [0.717, 1.165) is 18.7 Å². The van der Waals surface area contributed by atoms with Crippen molar-refractivity contribution in [1.82, 2.24) is 4.98 Å². The molecule has 0 amide bonds. The van der Waals surface area contributed by atoms with Crippen LogP contribution in [0.25, 0.3) is 10.1 Å². The van der Waals surface area contributed by atoms with Gasteiger partial charge in [-0.3, -0.25) is 0 Å². The third kappa shape index (κ3) is 2.15. The molecule has 1 fully saturated rings. The first-order chi connectivity index (χ1) is 8.34. The van der Waals surface area contributed by atoms with Gasteiger partial charge in [-0.1, -0.05) is 12.8 Å². The van der Waals surface area contributed by atoms with Crippen LogP contribution in [0.5, 0.6) is 0 Å². The lowest BCUT2D eigenvalue weighted by Crippen LogP contribution is -2.42. The van der Waals surface area contributed by atoms with E-state index in [-0.39, 0.29) is 6.04 Å². The molecule has 0 bridgehead atoms. The van der Waals surface area contributed by atoms with Crippen LogP contribution < -0.4 is 11.1 Å². The van der Waals surface area contributed by atoms with E-state index in [1.54, 1.807) is 11.3 Å². The third-order valence-corrected chi connectivity index (χ3v) is 4.40. The number of nitrogens with one attached hydrogen (secondary N) is 1. The molecular weight excluding hydrogens is 230 g/mol. The minimum Gasteiger partial charge on any atom is -0.365 e. The van der Waals surface area contributed by atoms with Gasteiger partial charge in [0.25, 0.3) is 0 Å². The largest absolute Gasteiger partial charge is 0.365 e. The summed E-state index contributed by atoms with van der Waals surface area (Å²) in [6.07, 6.45) is 6.68.